The van der Waals surface area contributed by atoms with Gasteiger partial charge in [0.1, 0.15) is 11.1 Å². The van der Waals surface area contributed by atoms with Crippen LogP contribution in [-0.2, 0) is 17.6 Å². The van der Waals surface area contributed by atoms with Gasteiger partial charge in [-0.25, -0.2) is 0 Å². The van der Waals surface area contributed by atoms with Gasteiger partial charge in [-0.15, -0.1) is 11.3 Å². The zero-order valence-electron chi connectivity index (χ0n) is 12.4. The lowest BCUT2D eigenvalue weighted by Crippen LogP contribution is -2.29. The number of nitrogens with one attached hydrogen (secondary N) is 1. The van der Waals surface area contributed by atoms with E-state index in [1.165, 1.54) is 4.88 Å². The van der Waals surface area contributed by atoms with Gasteiger partial charge in [0.25, 0.3) is 0 Å². The number of likely N-dealkylation sites (N-methyl/N-ethyl adjacent to an activating group) is 1. The molecule has 4 nitrogen and oxygen atoms in total. The monoisotopic (exact) mass is 311 g/mol. The van der Waals surface area contributed by atoms with E-state index in [0.717, 1.165) is 30.5 Å². The summed E-state index contributed by atoms with van der Waals surface area (Å²) >= 11 is 1.55. The van der Waals surface area contributed by atoms with Crippen molar-refractivity contribution in [2.24, 2.45) is 0 Å². The molecule has 0 aliphatic heterocycles. The fourth-order valence-electron chi connectivity index (χ4n) is 2.77. The van der Waals surface area contributed by atoms with E-state index in [1.807, 2.05) is 42.3 Å². The van der Waals surface area contributed by atoms with Crippen LogP contribution in [0.15, 0.2) is 30.3 Å². The van der Waals surface area contributed by atoms with E-state index in [0.29, 0.717) is 10.6 Å². The fourth-order valence-corrected chi connectivity index (χ4v) is 4.02. The number of carbonyl (C=O) groups is 1. The van der Waals surface area contributed by atoms with Crippen molar-refractivity contribution in [1.29, 1.82) is 5.26 Å². The van der Waals surface area contributed by atoms with Crippen LogP contribution in [-0.4, -0.2) is 19.5 Å². The predicted octanol–water partition coefficient (Wildman–Crippen LogP) is 3.18. The number of hydrogen-bond acceptors (Lipinski definition) is 4. The number of carbonyl (C=O) groups excluding carboxylic acids is 1. The molecule has 0 radical (unpaired) electrons. The molecule has 0 atom stereocenters. The Morgan fingerprint density at radius 1 is 1.36 bits per heavy atom. The summed E-state index contributed by atoms with van der Waals surface area (Å²) in [5, 5.41) is 13.0. The average molecular weight is 311 g/mol. The van der Waals surface area contributed by atoms with E-state index in [2.05, 4.69) is 11.4 Å². The average Bonchev–Trinajstić information content (AvgIpc) is 3.08. The van der Waals surface area contributed by atoms with Crippen molar-refractivity contribution in [3.05, 3.63) is 46.3 Å². The molecule has 3 rings (SSSR count). The van der Waals surface area contributed by atoms with Crippen LogP contribution < -0.4 is 10.2 Å². The molecule has 0 saturated carbocycles. The third-order valence-corrected chi connectivity index (χ3v) is 5.07. The quantitative estimate of drug-likeness (QED) is 0.943. The molecular formula is C17H17N3OS. The molecule has 22 heavy (non-hydrogen) atoms. The standard InChI is InChI=1S/C17H17N3OS/c1-20(12-6-3-2-4-7-12)11-16(21)19-17-14(10-18)13-8-5-9-15(13)22-17/h2-4,6-7H,5,8-9,11H2,1H3,(H,19,21). The smallest absolute Gasteiger partial charge is 0.244 e. The first-order valence-corrected chi connectivity index (χ1v) is 8.11. The Balaban J connectivity index is 1.69. The number of nitrogens with zero attached hydrogens (tertiary/aromatic N) is 2. The lowest BCUT2D eigenvalue weighted by molar-refractivity contribution is -0.114. The molecule has 1 aliphatic rings. The van der Waals surface area contributed by atoms with E-state index < -0.39 is 0 Å². The van der Waals surface area contributed by atoms with Crippen LogP contribution in [0.2, 0.25) is 0 Å². The van der Waals surface area contributed by atoms with Crippen molar-refractivity contribution >= 4 is 27.9 Å². The minimum Gasteiger partial charge on any atom is -0.365 e. The van der Waals surface area contributed by atoms with Gasteiger partial charge < -0.3 is 10.2 Å². The summed E-state index contributed by atoms with van der Waals surface area (Å²) in [6.45, 7) is 0.261. The molecule has 1 aliphatic carbocycles. The zero-order valence-corrected chi connectivity index (χ0v) is 13.2. The third-order valence-electron chi connectivity index (χ3n) is 3.86. The van der Waals surface area contributed by atoms with Gasteiger partial charge in [-0.1, -0.05) is 18.2 Å². The van der Waals surface area contributed by atoms with Gasteiger partial charge in [0.15, 0.2) is 0 Å². The van der Waals surface area contributed by atoms with Gasteiger partial charge >= 0.3 is 0 Å². The summed E-state index contributed by atoms with van der Waals surface area (Å²) in [4.78, 5) is 15.4. The van der Waals surface area contributed by atoms with Crippen molar-refractivity contribution in [1.82, 2.24) is 0 Å². The Morgan fingerprint density at radius 3 is 2.86 bits per heavy atom. The van der Waals surface area contributed by atoms with Crippen LogP contribution >= 0.6 is 11.3 Å². The maximum absolute atomic E-state index is 12.2. The maximum atomic E-state index is 12.2. The molecule has 2 aromatic rings. The van der Waals surface area contributed by atoms with Gasteiger partial charge in [-0.05, 0) is 37.0 Å². The number of rotatable bonds is 4. The van der Waals surface area contributed by atoms with Crippen LogP contribution in [0.5, 0.6) is 0 Å². The number of benzene rings is 1. The van der Waals surface area contributed by atoms with Crippen LogP contribution in [0.1, 0.15) is 22.4 Å². The number of hydrogen-bond donors (Lipinski definition) is 1. The van der Waals surface area contributed by atoms with Gasteiger partial charge in [0.2, 0.25) is 5.91 Å². The maximum Gasteiger partial charge on any atom is 0.244 e. The number of para-hydroxylation sites is 1. The van der Waals surface area contributed by atoms with Gasteiger partial charge in [-0.3, -0.25) is 4.79 Å². The summed E-state index contributed by atoms with van der Waals surface area (Å²) < 4.78 is 0. The van der Waals surface area contributed by atoms with Crippen LogP contribution in [0, 0.1) is 11.3 Å². The minimum atomic E-state index is -0.0947. The van der Waals surface area contributed by atoms with Gasteiger partial charge in [0.05, 0.1) is 12.1 Å². The van der Waals surface area contributed by atoms with E-state index in [9.17, 15) is 10.1 Å². The van der Waals surface area contributed by atoms with Crippen LogP contribution in [0.4, 0.5) is 10.7 Å². The van der Waals surface area contributed by atoms with Gasteiger partial charge in [0, 0.05) is 17.6 Å². The van der Waals surface area contributed by atoms with Crippen molar-refractivity contribution in [2.75, 3.05) is 23.8 Å². The molecule has 1 aromatic heterocycles. The van der Waals surface area contributed by atoms with E-state index in [-0.39, 0.29) is 12.5 Å². The predicted molar refractivity (Wildman–Crippen MR) is 89.4 cm³/mol. The Labute approximate surface area is 134 Å². The lowest BCUT2D eigenvalue weighted by Gasteiger charge is -2.18. The number of thiophene rings is 1. The van der Waals surface area contributed by atoms with Crippen molar-refractivity contribution < 1.29 is 4.79 Å². The first kappa shape index (κ1) is 14.6. The Hall–Kier alpha value is -2.32. The number of aryl methyl sites for hydroxylation is 1. The number of nitriles is 1. The molecule has 1 amide bonds. The highest BCUT2D eigenvalue weighted by atomic mass is 32.1. The summed E-state index contributed by atoms with van der Waals surface area (Å²) in [5.41, 5.74) is 2.79. The third kappa shape index (κ3) is 2.83. The molecular weight excluding hydrogens is 294 g/mol. The SMILES string of the molecule is CN(CC(=O)Nc1sc2c(c1C#N)CCC2)c1ccccc1. The van der Waals surface area contributed by atoms with Crippen molar-refractivity contribution in [3.63, 3.8) is 0 Å². The molecule has 0 fully saturated rings. The normalized spacial score (nSPS) is 12.5. The largest absolute Gasteiger partial charge is 0.365 e. The summed E-state index contributed by atoms with van der Waals surface area (Å²) in [6.07, 6.45) is 3.09. The summed E-state index contributed by atoms with van der Waals surface area (Å²) in [5.74, 6) is -0.0947. The lowest BCUT2D eigenvalue weighted by atomic mass is 10.1. The van der Waals surface area contributed by atoms with Crippen LogP contribution in [0.3, 0.4) is 0 Å². The van der Waals surface area contributed by atoms with Gasteiger partial charge in [-0.2, -0.15) is 5.26 Å². The first-order chi connectivity index (χ1) is 10.7. The molecule has 0 spiro atoms. The summed E-state index contributed by atoms with van der Waals surface area (Å²) in [7, 11) is 1.88. The zero-order chi connectivity index (χ0) is 15.5. The highest BCUT2D eigenvalue weighted by molar-refractivity contribution is 7.16. The number of anilines is 2. The van der Waals surface area contributed by atoms with E-state index in [4.69, 9.17) is 0 Å². The molecule has 1 N–H and O–H groups in total. The molecule has 112 valence electrons. The van der Waals surface area contributed by atoms with E-state index >= 15 is 0 Å². The van der Waals surface area contributed by atoms with Crippen molar-refractivity contribution in [2.45, 2.75) is 19.3 Å². The second-order valence-electron chi connectivity index (χ2n) is 5.41. The van der Waals surface area contributed by atoms with Crippen LogP contribution in [0.25, 0.3) is 0 Å². The Morgan fingerprint density at radius 2 is 2.14 bits per heavy atom. The highest BCUT2D eigenvalue weighted by Crippen LogP contribution is 2.38. The Bertz CT molecular complexity index is 730. The summed E-state index contributed by atoms with van der Waals surface area (Å²) in [6, 6.07) is 12.0. The Kier molecular flexibility index (Phi) is 4.12. The second-order valence-corrected chi connectivity index (χ2v) is 6.52. The number of amides is 1. The molecule has 0 bridgehead atoms. The fraction of sp³-hybridized carbons (Fsp3) is 0.294. The van der Waals surface area contributed by atoms with E-state index in [1.54, 1.807) is 11.3 Å². The highest BCUT2D eigenvalue weighted by Gasteiger charge is 2.23. The molecule has 5 heteroatoms. The van der Waals surface area contributed by atoms with Crippen molar-refractivity contribution in [3.8, 4) is 6.07 Å². The first-order valence-electron chi connectivity index (χ1n) is 7.29. The molecule has 0 saturated heterocycles. The molecule has 0 unspecified atom stereocenters. The second kappa shape index (κ2) is 6.20. The molecule has 1 heterocycles. The minimum absolute atomic E-state index is 0.0947. The molecule has 1 aromatic carbocycles. The topological polar surface area (TPSA) is 56.1 Å². The number of fused-ring (bicyclic) bond motifs is 1.